The van der Waals surface area contributed by atoms with Gasteiger partial charge in [-0.25, -0.2) is 0 Å². The molecule has 0 spiro atoms. The van der Waals surface area contributed by atoms with Gasteiger partial charge in [0.2, 0.25) is 0 Å². The molecule has 172 valence electrons. The maximum atomic E-state index is 12.5. The van der Waals surface area contributed by atoms with Crippen molar-refractivity contribution in [2.45, 2.75) is 19.8 Å². The highest BCUT2D eigenvalue weighted by molar-refractivity contribution is 5.91. The van der Waals surface area contributed by atoms with E-state index >= 15 is 0 Å². The van der Waals surface area contributed by atoms with E-state index in [0.717, 1.165) is 24.6 Å². The number of nitrogens with one attached hydrogen (secondary N) is 1. The number of hydrogen-bond acceptors (Lipinski definition) is 4. The SMILES string of the molecule is CN=C(NCc1cccc(COCc2ccccc2)c1)N1CCN(C(=O)c2ccco2)CC1. The summed E-state index contributed by atoms with van der Waals surface area (Å²) in [5, 5.41) is 3.45. The van der Waals surface area contributed by atoms with Gasteiger partial charge in [-0.2, -0.15) is 0 Å². The summed E-state index contributed by atoms with van der Waals surface area (Å²) >= 11 is 0. The van der Waals surface area contributed by atoms with E-state index in [4.69, 9.17) is 9.15 Å². The molecule has 1 aromatic heterocycles. The van der Waals surface area contributed by atoms with Gasteiger partial charge in [0.15, 0.2) is 11.7 Å². The molecule has 1 saturated heterocycles. The zero-order chi connectivity index (χ0) is 22.9. The third-order valence-corrected chi connectivity index (χ3v) is 5.63. The highest BCUT2D eigenvalue weighted by Crippen LogP contribution is 2.11. The summed E-state index contributed by atoms with van der Waals surface area (Å²) in [4.78, 5) is 20.9. The van der Waals surface area contributed by atoms with Crippen molar-refractivity contribution in [3.8, 4) is 0 Å². The van der Waals surface area contributed by atoms with Crippen LogP contribution < -0.4 is 5.32 Å². The van der Waals surface area contributed by atoms with Crippen LogP contribution in [0.5, 0.6) is 0 Å². The molecule has 4 rings (SSSR count). The Morgan fingerprint density at radius 3 is 2.33 bits per heavy atom. The normalized spacial score (nSPS) is 14.4. The number of carbonyl (C=O) groups is 1. The minimum absolute atomic E-state index is 0.0612. The van der Waals surface area contributed by atoms with E-state index in [-0.39, 0.29) is 5.91 Å². The van der Waals surface area contributed by atoms with E-state index < -0.39 is 0 Å². The molecule has 7 nitrogen and oxygen atoms in total. The lowest BCUT2D eigenvalue weighted by atomic mass is 10.1. The van der Waals surface area contributed by atoms with E-state index in [0.29, 0.717) is 38.6 Å². The number of hydrogen-bond donors (Lipinski definition) is 1. The van der Waals surface area contributed by atoms with Crippen molar-refractivity contribution in [1.29, 1.82) is 0 Å². The highest BCUT2D eigenvalue weighted by Gasteiger charge is 2.25. The van der Waals surface area contributed by atoms with Crippen LogP contribution in [0.25, 0.3) is 0 Å². The van der Waals surface area contributed by atoms with Crippen LogP contribution in [0.2, 0.25) is 0 Å². The maximum absolute atomic E-state index is 12.5. The Bertz CT molecular complexity index is 1040. The molecule has 2 heterocycles. The number of amides is 1. The average Bonchev–Trinajstić information content (AvgIpc) is 3.40. The smallest absolute Gasteiger partial charge is 0.289 e. The van der Waals surface area contributed by atoms with E-state index in [9.17, 15) is 4.79 Å². The van der Waals surface area contributed by atoms with Crippen molar-refractivity contribution in [2.24, 2.45) is 4.99 Å². The first-order valence-electron chi connectivity index (χ1n) is 11.2. The Morgan fingerprint density at radius 2 is 1.61 bits per heavy atom. The summed E-state index contributed by atoms with van der Waals surface area (Å²) in [7, 11) is 1.79. The number of furan rings is 1. The molecule has 1 amide bonds. The van der Waals surface area contributed by atoms with Crippen molar-refractivity contribution in [1.82, 2.24) is 15.1 Å². The van der Waals surface area contributed by atoms with Crippen LogP contribution in [0.4, 0.5) is 0 Å². The number of piperazine rings is 1. The summed E-state index contributed by atoms with van der Waals surface area (Å²) in [6.07, 6.45) is 1.53. The van der Waals surface area contributed by atoms with Gasteiger partial charge in [-0.15, -0.1) is 0 Å². The molecule has 2 aromatic carbocycles. The molecular formula is C26H30N4O3. The molecule has 0 radical (unpaired) electrons. The molecule has 0 aliphatic carbocycles. The van der Waals surface area contributed by atoms with Crippen molar-refractivity contribution in [3.63, 3.8) is 0 Å². The van der Waals surface area contributed by atoms with Crippen molar-refractivity contribution in [3.05, 3.63) is 95.4 Å². The van der Waals surface area contributed by atoms with E-state index in [1.165, 1.54) is 17.4 Å². The maximum Gasteiger partial charge on any atom is 0.289 e. The third kappa shape index (κ3) is 6.23. The number of carbonyl (C=O) groups excluding carboxylic acids is 1. The molecular weight excluding hydrogens is 416 g/mol. The quantitative estimate of drug-likeness (QED) is 0.444. The monoisotopic (exact) mass is 446 g/mol. The van der Waals surface area contributed by atoms with Crippen molar-refractivity contribution < 1.29 is 13.9 Å². The van der Waals surface area contributed by atoms with Gasteiger partial charge < -0.3 is 24.3 Å². The molecule has 1 fully saturated rings. The van der Waals surface area contributed by atoms with Crippen LogP contribution >= 0.6 is 0 Å². The molecule has 0 unspecified atom stereocenters. The summed E-state index contributed by atoms with van der Waals surface area (Å²) < 4.78 is 11.1. The minimum Gasteiger partial charge on any atom is -0.459 e. The van der Waals surface area contributed by atoms with Crippen LogP contribution in [0.15, 0.2) is 82.4 Å². The number of ether oxygens (including phenoxy) is 1. The van der Waals surface area contributed by atoms with Crippen molar-refractivity contribution >= 4 is 11.9 Å². The fraction of sp³-hybridized carbons (Fsp3) is 0.308. The molecule has 7 heteroatoms. The lowest BCUT2D eigenvalue weighted by molar-refractivity contribution is 0.0657. The van der Waals surface area contributed by atoms with Gasteiger partial charge in [0.05, 0.1) is 19.5 Å². The van der Waals surface area contributed by atoms with Crippen molar-refractivity contribution in [2.75, 3.05) is 33.2 Å². The Kier molecular flexibility index (Phi) is 7.76. The molecule has 0 bridgehead atoms. The largest absolute Gasteiger partial charge is 0.459 e. The lowest BCUT2D eigenvalue weighted by Gasteiger charge is -2.36. The molecule has 1 N–H and O–H groups in total. The second-order valence-electron chi connectivity index (χ2n) is 7.96. The van der Waals surface area contributed by atoms with E-state index in [2.05, 4.69) is 51.6 Å². The second kappa shape index (κ2) is 11.3. The first-order valence-corrected chi connectivity index (χ1v) is 11.2. The Labute approximate surface area is 194 Å². The fourth-order valence-corrected chi connectivity index (χ4v) is 3.88. The van der Waals surface area contributed by atoms with Gasteiger partial charge in [0, 0.05) is 39.8 Å². The van der Waals surface area contributed by atoms with Gasteiger partial charge in [0.25, 0.3) is 5.91 Å². The summed E-state index contributed by atoms with van der Waals surface area (Å²) in [5.41, 5.74) is 3.49. The zero-order valence-electron chi connectivity index (χ0n) is 18.9. The van der Waals surface area contributed by atoms with Crippen LogP contribution in [-0.2, 0) is 24.5 Å². The molecule has 33 heavy (non-hydrogen) atoms. The number of aliphatic imine (C=N–C) groups is 1. The van der Waals surface area contributed by atoms with E-state index in [1.807, 2.05) is 23.1 Å². The fourth-order valence-electron chi connectivity index (χ4n) is 3.88. The molecule has 0 atom stereocenters. The Hall–Kier alpha value is -3.58. The summed E-state index contributed by atoms with van der Waals surface area (Å²) in [6.45, 7) is 4.56. The summed E-state index contributed by atoms with van der Waals surface area (Å²) in [5.74, 6) is 1.17. The number of nitrogens with zero attached hydrogens (tertiary/aromatic N) is 3. The van der Waals surface area contributed by atoms with Crippen LogP contribution in [0.3, 0.4) is 0 Å². The van der Waals surface area contributed by atoms with Crippen LogP contribution in [-0.4, -0.2) is 54.9 Å². The zero-order valence-corrected chi connectivity index (χ0v) is 18.9. The van der Waals surface area contributed by atoms with Crippen LogP contribution in [0.1, 0.15) is 27.2 Å². The number of guanidine groups is 1. The van der Waals surface area contributed by atoms with Crippen LogP contribution in [0, 0.1) is 0 Å². The molecule has 1 aliphatic heterocycles. The lowest BCUT2D eigenvalue weighted by Crippen LogP contribution is -2.53. The average molecular weight is 447 g/mol. The predicted octanol–water partition coefficient (Wildman–Crippen LogP) is 3.53. The third-order valence-electron chi connectivity index (χ3n) is 5.63. The molecule has 3 aromatic rings. The standard InChI is InChI=1S/C26H30N4O3/c1-27-26(30-14-12-29(13-15-30)25(31)24-11-6-16-33-24)28-18-22-9-5-10-23(17-22)20-32-19-21-7-3-2-4-8-21/h2-11,16-17H,12-15,18-20H2,1H3,(H,27,28). The van der Waals surface area contributed by atoms with E-state index in [1.54, 1.807) is 19.2 Å². The number of rotatable bonds is 7. The number of benzene rings is 2. The van der Waals surface area contributed by atoms with Gasteiger partial charge in [0.1, 0.15) is 0 Å². The van der Waals surface area contributed by atoms with Gasteiger partial charge >= 0.3 is 0 Å². The highest BCUT2D eigenvalue weighted by atomic mass is 16.5. The second-order valence-corrected chi connectivity index (χ2v) is 7.96. The topological polar surface area (TPSA) is 70.3 Å². The predicted molar refractivity (Wildman–Crippen MR) is 128 cm³/mol. The van der Waals surface area contributed by atoms with Gasteiger partial charge in [-0.1, -0.05) is 54.6 Å². The Balaban J connectivity index is 1.24. The Morgan fingerprint density at radius 1 is 0.909 bits per heavy atom. The minimum atomic E-state index is -0.0612. The molecule has 0 saturated carbocycles. The summed E-state index contributed by atoms with van der Waals surface area (Å²) in [6, 6.07) is 22.0. The molecule has 1 aliphatic rings. The first-order chi connectivity index (χ1) is 16.2. The first kappa shape index (κ1) is 22.6. The van der Waals surface area contributed by atoms with Gasteiger partial charge in [-0.3, -0.25) is 9.79 Å². The van der Waals surface area contributed by atoms with Gasteiger partial charge in [-0.05, 0) is 28.8 Å².